The summed E-state index contributed by atoms with van der Waals surface area (Å²) >= 11 is 0. The predicted molar refractivity (Wildman–Crippen MR) is 98.8 cm³/mol. The minimum Gasteiger partial charge on any atom is -0.438 e. The number of aromatic nitrogens is 5. The molecule has 5 heterocycles. The molecule has 0 aromatic carbocycles. The molecule has 8 nitrogen and oxygen atoms in total. The lowest BCUT2D eigenvalue weighted by Gasteiger charge is -2.33. The van der Waals surface area contributed by atoms with Crippen LogP contribution in [0.4, 0.5) is 4.39 Å². The molecule has 1 aliphatic carbocycles. The summed E-state index contributed by atoms with van der Waals surface area (Å²) in [6, 6.07) is 4.13. The number of nitrogens with zero attached hydrogens (tertiary/aromatic N) is 5. The van der Waals surface area contributed by atoms with E-state index >= 15 is 0 Å². The third kappa shape index (κ3) is 2.50. The quantitative estimate of drug-likeness (QED) is 0.579. The van der Waals surface area contributed by atoms with Gasteiger partial charge in [-0.3, -0.25) is 4.79 Å². The summed E-state index contributed by atoms with van der Waals surface area (Å²) in [5.74, 6) is -0.0263. The number of hydrogen-bond donors (Lipinski definition) is 1. The first-order chi connectivity index (χ1) is 14.2. The average Bonchev–Trinajstić information content (AvgIpc) is 3.13. The minimum atomic E-state index is -0.533. The van der Waals surface area contributed by atoms with E-state index in [2.05, 4.69) is 20.1 Å². The number of halogens is 1. The van der Waals surface area contributed by atoms with E-state index in [-0.39, 0.29) is 17.5 Å². The molecule has 29 heavy (non-hydrogen) atoms. The average molecular weight is 392 g/mol. The normalized spacial score (nSPS) is 18.9. The highest BCUT2D eigenvalue weighted by atomic mass is 19.1. The van der Waals surface area contributed by atoms with Crippen molar-refractivity contribution >= 4 is 11.4 Å². The Bertz CT molecular complexity index is 1240. The van der Waals surface area contributed by atoms with Gasteiger partial charge in [-0.1, -0.05) is 0 Å². The van der Waals surface area contributed by atoms with E-state index in [4.69, 9.17) is 4.42 Å². The number of pyridine rings is 1. The smallest absolute Gasteiger partial charge is 0.292 e. The third-order valence-corrected chi connectivity index (χ3v) is 5.69. The van der Waals surface area contributed by atoms with Crippen LogP contribution in [-0.2, 0) is 6.42 Å². The van der Waals surface area contributed by atoms with E-state index in [0.29, 0.717) is 30.1 Å². The first kappa shape index (κ1) is 16.5. The van der Waals surface area contributed by atoms with Gasteiger partial charge in [-0.25, -0.2) is 18.9 Å². The largest absolute Gasteiger partial charge is 0.438 e. The highest BCUT2D eigenvalue weighted by Gasteiger charge is 2.40. The number of fused-ring (bicyclic) bond motifs is 2. The summed E-state index contributed by atoms with van der Waals surface area (Å²) in [6.45, 7) is 0.472. The second kappa shape index (κ2) is 6.00. The first-order valence-electron chi connectivity index (χ1n) is 9.61. The molecule has 0 bridgehead atoms. The molecule has 4 aromatic heterocycles. The summed E-state index contributed by atoms with van der Waals surface area (Å²) in [5, 5.41) is 4.54. The van der Waals surface area contributed by atoms with Gasteiger partial charge in [-0.15, -0.1) is 0 Å². The van der Waals surface area contributed by atoms with Gasteiger partial charge < -0.3 is 14.3 Å². The van der Waals surface area contributed by atoms with E-state index in [1.54, 1.807) is 29.6 Å². The molecular weight excluding hydrogens is 375 g/mol. The fraction of sp³-hybridized carbons (Fsp3) is 0.300. The molecule has 1 N–H and O–H groups in total. The van der Waals surface area contributed by atoms with Gasteiger partial charge in [-0.05, 0) is 31.0 Å². The van der Waals surface area contributed by atoms with Gasteiger partial charge in [0.2, 0.25) is 5.76 Å². The fourth-order valence-electron chi connectivity index (χ4n) is 4.12. The molecule has 1 atom stereocenters. The van der Waals surface area contributed by atoms with Gasteiger partial charge in [0.25, 0.3) is 5.91 Å². The molecule has 0 radical (unpaired) electrons. The van der Waals surface area contributed by atoms with Gasteiger partial charge in [0.1, 0.15) is 17.4 Å². The molecule has 1 unspecified atom stereocenters. The minimum absolute atomic E-state index is 0.236. The number of imidazole rings is 1. The number of carbonyl (C=O) groups excluding carboxylic acids is 1. The molecular formula is C20H17FN6O2. The highest BCUT2D eigenvalue weighted by molar-refractivity contribution is 5.93. The molecule has 146 valence electrons. The zero-order valence-corrected chi connectivity index (χ0v) is 15.4. The second-order valence-corrected chi connectivity index (χ2v) is 7.51. The number of amides is 1. The molecule has 4 aromatic rings. The molecule has 0 spiro atoms. The Morgan fingerprint density at radius 1 is 1.28 bits per heavy atom. The number of oxazole rings is 1. The van der Waals surface area contributed by atoms with Crippen molar-refractivity contribution in [1.82, 2.24) is 29.5 Å². The van der Waals surface area contributed by atoms with Crippen LogP contribution in [0.2, 0.25) is 0 Å². The maximum atomic E-state index is 14.2. The van der Waals surface area contributed by atoms with Crippen molar-refractivity contribution in [3.05, 3.63) is 71.5 Å². The van der Waals surface area contributed by atoms with Crippen molar-refractivity contribution in [1.29, 1.82) is 0 Å². The summed E-state index contributed by atoms with van der Waals surface area (Å²) < 4.78 is 21.2. The first-order valence-corrected chi connectivity index (χ1v) is 9.61. The zero-order chi connectivity index (χ0) is 19.5. The summed E-state index contributed by atoms with van der Waals surface area (Å²) in [7, 11) is 0. The van der Waals surface area contributed by atoms with E-state index in [1.807, 2.05) is 0 Å². The maximum Gasteiger partial charge on any atom is 0.292 e. The molecule has 1 aliphatic heterocycles. The number of carbonyl (C=O) groups is 1. The van der Waals surface area contributed by atoms with Gasteiger partial charge >= 0.3 is 0 Å². The zero-order valence-electron chi connectivity index (χ0n) is 15.4. The highest BCUT2D eigenvalue weighted by Crippen LogP contribution is 2.42. The van der Waals surface area contributed by atoms with Gasteiger partial charge in [0.05, 0.1) is 23.4 Å². The Hall–Kier alpha value is -3.49. The molecule has 2 aliphatic rings. The molecule has 0 saturated heterocycles. The Labute approximate surface area is 164 Å². The monoisotopic (exact) mass is 392 g/mol. The Morgan fingerprint density at radius 3 is 3.00 bits per heavy atom. The number of aromatic amines is 1. The van der Waals surface area contributed by atoms with Crippen LogP contribution in [0.1, 0.15) is 58.1 Å². The lowest BCUT2D eigenvalue weighted by atomic mass is 9.99. The fourth-order valence-corrected chi connectivity index (χ4v) is 4.12. The summed E-state index contributed by atoms with van der Waals surface area (Å²) in [4.78, 5) is 27.0. The van der Waals surface area contributed by atoms with Crippen LogP contribution in [0.5, 0.6) is 0 Å². The van der Waals surface area contributed by atoms with Crippen molar-refractivity contribution in [3.63, 3.8) is 0 Å². The van der Waals surface area contributed by atoms with Gasteiger partial charge in [0, 0.05) is 30.8 Å². The van der Waals surface area contributed by atoms with Crippen LogP contribution in [0, 0.1) is 5.82 Å². The summed E-state index contributed by atoms with van der Waals surface area (Å²) in [6.07, 6.45) is 7.32. The van der Waals surface area contributed by atoms with Crippen molar-refractivity contribution < 1.29 is 13.6 Å². The molecule has 1 fully saturated rings. The van der Waals surface area contributed by atoms with Gasteiger partial charge in [0.15, 0.2) is 6.39 Å². The van der Waals surface area contributed by atoms with Gasteiger partial charge in [-0.2, -0.15) is 5.10 Å². The Balaban J connectivity index is 1.47. The molecule has 1 saturated carbocycles. The van der Waals surface area contributed by atoms with Crippen molar-refractivity contribution in [2.75, 3.05) is 6.54 Å². The number of rotatable bonds is 3. The summed E-state index contributed by atoms with van der Waals surface area (Å²) in [5.41, 5.74) is 3.32. The van der Waals surface area contributed by atoms with Crippen LogP contribution in [0.15, 0.2) is 41.5 Å². The van der Waals surface area contributed by atoms with E-state index in [0.717, 1.165) is 29.9 Å². The third-order valence-electron chi connectivity index (χ3n) is 5.69. The van der Waals surface area contributed by atoms with E-state index < -0.39 is 6.04 Å². The van der Waals surface area contributed by atoms with Crippen molar-refractivity contribution in [2.24, 2.45) is 0 Å². The SMILES string of the molecule is O=C(c1ocnc1C1CC1)N1CCc2[nH]cnc2C1c1cc2c(F)cccn2n1. The lowest BCUT2D eigenvalue weighted by molar-refractivity contribution is 0.0652. The number of hydrogen-bond acceptors (Lipinski definition) is 5. The molecule has 6 rings (SSSR count). The van der Waals surface area contributed by atoms with E-state index in [1.165, 1.54) is 17.0 Å². The van der Waals surface area contributed by atoms with Crippen LogP contribution >= 0.6 is 0 Å². The van der Waals surface area contributed by atoms with Crippen LogP contribution in [-0.4, -0.2) is 41.9 Å². The standard InChI is InChI=1S/C20H17FN6O2/c21-12-2-1-6-27-15(12)8-14(25-27)18-17-13(22-9-23-17)5-7-26(18)20(28)19-16(11-3-4-11)24-10-29-19/h1-2,6,8-11,18H,3-5,7H2,(H,22,23). The predicted octanol–water partition coefficient (Wildman–Crippen LogP) is 2.85. The van der Waals surface area contributed by atoms with E-state index in [9.17, 15) is 9.18 Å². The number of H-pyrrole nitrogens is 1. The lowest BCUT2D eigenvalue weighted by Crippen LogP contribution is -2.41. The number of nitrogens with one attached hydrogen (secondary N) is 1. The maximum absolute atomic E-state index is 14.2. The molecule has 9 heteroatoms. The second-order valence-electron chi connectivity index (χ2n) is 7.51. The van der Waals surface area contributed by atoms with Crippen LogP contribution in [0.3, 0.4) is 0 Å². The van der Waals surface area contributed by atoms with Crippen LogP contribution < -0.4 is 0 Å². The topological polar surface area (TPSA) is 92.3 Å². The molecule has 1 amide bonds. The van der Waals surface area contributed by atoms with Crippen molar-refractivity contribution in [3.8, 4) is 0 Å². The van der Waals surface area contributed by atoms with Crippen LogP contribution in [0.25, 0.3) is 5.52 Å². The van der Waals surface area contributed by atoms with Crippen molar-refractivity contribution in [2.45, 2.75) is 31.2 Å². The Morgan fingerprint density at radius 2 is 2.17 bits per heavy atom. The Kier molecular flexibility index (Phi) is 3.41.